The fraction of sp³-hybridized carbons (Fsp3) is 0.846. The molecule has 0 radical (unpaired) electrons. The van der Waals surface area contributed by atoms with Crippen LogP contribution in [0, 0.1) is 0 Å². The van der Waals surface area contributed by atoms with Crippen LogP contribution in [0.1, 0.15) is 45.9 Å². The first-order valence-electron chi connectivity index (χ1n) is 6.97. The van der Waals surface area contributed by atoms with Gasteiger partial charge in [-0.05, 0) is 19.3 Å². The molecular weight excluding hydrogens is 228 g/mol. The molecule has 1 saturated heterocycles. The van der Waals surface area contributed by atoms with E-state index in [2.05, 4.69) is 41.1 Å². The third-order valence-corrected chi connectivity index (χ3v) is 4.31. The molecule has 102 valence electrons. The molecule has 5 heteroatoms. The Hall–Kier alpha value is -0.940. The van der Waals surface area contributed by atoms with E-state index >= 15 is 0 Å². The molecule has 1 atom stereocenters. The highest BCUT2D eigenvalue weighted by atomic mass is 16.5. The summed E-state index contributed by atoms with van der Waals surface area (Å²) in [4.78, 5) is 6.63. The van der Waals surface area contributed by atoms with Gasteiger partial charge in [-0.3, -0.25) is 4.90 Å². The molecule has 5 nitrogen and oxygen atoms in total. The maximum absolute atomic E-state index is 4.83. The summed E-state index contributed by atoms with van der Waals surface area (Å²) in [6.07, 6.45) is 4.87. The van der Waals surface area contributed by atoms with Gasteiger partial charge in [0.2, 0.25) is 6.39 Å². The topological polar surface area (TPSA) is 54.2 Å². The standard InChI is InChI=1S/C13H24N4O/c1-4-11-7-15-13(5-2,6-3)9-17(11)8-12-14-10-18-16-12/h10-11,15H,4-9H2,1-3H3. The van der Waals surface area contributed by atoms with Crippen molar-refractivity contribution < 1.29 is 4.52 Å². The molecule has 0 saturated carbocycles. The molecule has 1 aliphatic rings. The average molecular weight is 252 g/mol. The summed E-state index contributed by atoms with van der Waals surface area (Å²) in [5.41, 5.74) is 0.245. The SMILES string of the molecule is CCC1CNC(CC)(CC)CN1Cc1ncon1. The first-order valence-corrected chi connectivity index (χ1v) is 6.97. The maximum Gasteiger partial charge on any atom is 0.213 e. The average Bonchev–Trinajstić information content (AvgIpc) is 2.91. The van der Waals surface area contributed by atoms with Gasteiger partial charge in [0.25, 0.3) is 0 Å². The molecule has 1 aliphatic heterocycles. The first kappa shape index (κ1) is 13.5. The summed E-state index contributed by atoms with van der Waals surface area (Å²) in [5, 5.41) is 7.67. The van der Waals surface area contributed by atoms with Gasteiger partial charge in [-0.1, -0.05) is 25.9 Å². The van der Waals surface area contributed by atoms with Gasteiger partial charge in [0.1, 0.15) is 0 Å². The van der Waals surface area contributed by atoms with Crippen LogP contribution in [-0.4, -0.2) is 39.7 Å². The number of hydrogen-bond acceptors (Lipinski definition) is 5. The Balaban J connectivity index is 2.07. The highest BCUT2D eigenvalue weighted by Gasteiger charge is 2.36. The third-order valence-electron chi connectivity index (χ3n) is 4.31. The molecule has 1 aromatic heterocycles. The summed E-state index contributed by atoms with van der Waals surface area (Å²) >= 11 is 0. The number of piperazine rings is 1. The maximum atomic E-state index is 4.83. The molecule has 0 aliphatic carbocycles. The zero-order valence-electron chi connectivity index (χ0n) is 11.6. The minimum atomic E-state index is 0.245. The van der Waals surface area contributed by atoms with E-state index in [9.17, 15) is 0 Å². The zero-order valence-corrected chi connectivity index (χ0v) is 11.6. The van der Waals surface area contributed by atoms with Crippen molar-refractivity contribution in [3.63, 3.8) is 0 Å². The molecule has 0 amide bonds. The van der Waals surface area contributed by atoms with Crippen LogP contribution in [0.15, 0.2) is 10.9 Å². The van der Waals surface area contributed by atoms with Crippen LogP contribution in [-0.2, 0) is 6.54 Å². The fourth-order valence-corrected chi connectivity index (χ4v) is 2.79. The van der Waals surface area contributed by atoms with Gasteiger partial charge in [-0.15, -0.1) is 0 Å². The van der Waals surface area contributed by atoms with Crippen LogP contribution in [0.5, 0.6) is 0 Å². The lowest BCUT2D eigenvalue weighted by atomic mass is 9.88. The van der Waals surface area contributed by atoms with Gasteiger partial charge in [0, 0.05) is 24.7 Å². The minimum Gasteiger partial charge on any atom is -0.343 e. The second-order valence-corrected chi connectivity index (χ2v) is 5.18. The van der Waals surface area contributed by atoms with Crippen LogP contribution >= 0.6 is 0 Å². The molecule has 2 rings (SSSR count). The number of nitrogens with one attached hydrogen (secondary N) is 1. The van der Waals surface area contributed by atoms with E-state index in [1.165, 1.54) is 6.39 Å². The van der Waals surface area contributed by atoms with Crippen LogP contribution in [0.25, 0.3) is 0 Å². The van der Waals surface area contributed by atoms with Crippen molar-refractivity contribution in [1.29, 1.82) is 0 Å². The summed E-state index contributed by atoms with van der Waals surface area (Å²) in [6.45, 7) is 9.66. The molecule has 0 bridgehead atoms. The normalized spacial score (nSPS) is 24.3. The van der Waals surface area contributed by atoms with Crippen LogP contribution < -0.4 is 5.32 Å². The molecule has 18 heavy (non-hydrogen) atoms. The quantitative estimate of drug-likeness (QED) is 0.866. The summed E-state index contributed by atoms with van der Waals surface area (Å²) in [5.74, 6) is 0.788. The summed E-state index contributed by atoms with van der Waals surface area (Å²) < 4.78 is 4.83. The molecule has 0 spiro atoms. The molecule has 1 aromatic rings. The van der Waals surface area contributed by atoms with E-state index in [1.54, 1.807) is 0 Å². The van der Waals surface area contributed by atoms with Crippen LogP contribution in [0.3, 0.4) is 0 Å². The lowest BCUT2D eigenvalue weighted by Gasteiger charge is -2.47. The number of nitrogens with zero attached hydrogens (tertiary/aromatic N) is 3. The molecular formula is C13H24N4O. The molecule has 1 unspecified atom stereocenters. The molecule has 1 fully saturated rings. The first-order chi connectivity index (χ1) is 8.73. The van der Waals surface area contributed by atoms with Gasteiger partial charge in [-0.25, -0.2) is 0 Å². The second-order valence-electron chi connectivity index (χ2n) is 5.18. The van der Waals surface area contributed by atoms with Gasteiger partial charge in [-0.2, -0.15) is 4.98 Å². The van der Waals surface area contributed by atoms with Crippen molar-refractivity contribution in [2.75, 3.05) is 13.1 Å². The Labute approximate surface area is 109 Å². The predicted octanol–water partition coefficient (Wildman–Crippen LogP) is 1.81. The Morgan fingerprint density at radius 3 is 2.78 bits per heavy atom. The van der Waals surface area contributed by atoms with E-state index < -0.39 is 0 Å². The van der Waals surface area contributed by atoms with Gasteiger partial charge in [0.05, 0.1) is 6.54 Å². The van der Waals surface area contributed by atoms with Crippen molar-refractivity contribution >= 4 is 0 Å². The molecule has 2 heterocycles. The van der Waals surface area contributed by atoms with E-state index in [1.807, 2.05) is 0 Å². The van der Waals surface area contributed by atoms with E-state index in [0.717, 1.165) is 44.7 Å². The summed E-state index contributed by atoms with van der Waals surface area (Å²) in [7, 11) is 0. The van der Waals surface area contributed by atoms with Crippen LogP contribution in [0.2, 0.25) is 0 Å². The number of aromatic nitrogens is 2. The fourth-order valence-electron chi connectivity index (χ4n) is 2.79. The number of hydrogen-bond donors (Lipinski definition) is 1. The Morgan fingerprint density at radius 2 is 2.22 bits per heavy atom. The monoisotopic (exact) mass is 252 g/mol. The zero-order chi connectivity index (χ0) is 13.0. The van der Waals surface area contributed by atoms with Gasteiger partial charge < -0.3 is 9.84 Å². The Morgan fingerprint density at radius 1 is 1.44 bits per heavy atom. The lowest BCUT2D eigenvalue weighted by Crippen LogP contribution is -2.63. The smallest absolute Gasteiger partial charge is 0.213 e. The minimum absolute atomic E-state index is 0.245. The largest absolute Gasteiger partial charge is 0.343 e. The van der Waals surface area contributed by atoms with E-state index in [-0.39, 0.29) is 5.54 Å². The van der Waals surface area contributed by atoms with Gasteiger partial charge >= 0.3 is 0 Å². The molecule has 0 aromatic carbocycles. The van der Waals surface area contributed by atoms with Crippen molar-refractivity contribution in [3.8, 4) is 0 Å². The van der Waals surface area contributed by atoms with Gasteiger partial charge in [0.15, 0.2) is 5.82 Å². The molecule has 1 N–H and O–H groups in total. The summed E-state index contributed by atoms with van der Waals surface area (Å²) in [6, 6.07) is 0.565. The second kappa shape index (κ2) is 5.80. The van der Waals surface area contributed by atoms with E-state index in [4.69, 9.17) is 4.52 Å². The van der Waals surface area contributed by atoms with Crippen molar-refractivity contribution in [3.05, 3.63) is 12.2 Å². The van der Waals surface area contributed by atoms with E-state index in [0.29, 0.717) is 6.04 Å². The highest BCUT2D eigenvalue weighted by Crippen LogP contribution is 2.24. The van der Waals surface area contributed by atoms with Crippen LogP contribution in [0.4, 0.5) is 0 Å². The van der Waals surface area contributed by atoms with Crippen molar-refractivity contribution in [1.82, 2.24) is 20.4 Å². The predicted molar refractivity (Wildman–Crippen MR) is 70.1 cm³/mol. The number of rotatable bonds is 5. The lowest BCUT2D eigenvalue weighted by molar-refractivity contribution is 0.0616. The third kappa shape index (κ3) is 2.72. The Bertz CT molecular complexity index is 348. The van der Waals surface area contributed by atoms with Crippen molar-refractivity contribution in [2.24, 2.45) is 0 Å². The highest BCUT2D eigenvalue weighted by molar-refractivity contribution is 4.97. The Kier molecular flexibility index (Phi) is 4.35. The van der Waals surface area contributed by atoms with Crippen molar-refractivity contribution in [2.45, 2.75) is 58.2 Å².